The minimum Gasteiger partial charge on any atom is -0.381 e. The first-order valence-corrected chi connectivity index (χ1v) is 7.13. The monoisotopic (exact) mass is 291 g/mol. The Morgan fingerprint density at radius 1 is 1.57 bits per heavy atom. The van der Waals surface area contributed by atoms with Crippen LogP contribution in [0.2, 0.25) is 0 Å². The first-order chi connectivity index (χ1) is 10.1. The molecule has 0 aliphatic carbocycles. The Kier molecular flexibility index (Phi) is 3.88. The van der Waals surface area contributed by atoms with Gasteiger partial charge < -0.3 is 9.30 Å². The number of halogens is 1. The van der Waals surface area contributed by atoms with E-state index in [1.165, 1.54) is 12.1 Å². The second kappa shape index (κ2) is 5.81. The zero-order chi connectivity index (χ0) is 14.8. The second-order valence-electron chi connectivity index (χ2n) is 5.46. The Bertz CT molecular complexity index is 662. The second-order valence-corrected chi connectivity index (χ2v) is 5.46. The third kappa shape index (κ3) is 3.05. The van der Waals surface area contributed by atoms with Gasteiger partial charge in [0.25, 0.3) is 0 Å². The van der Waals surface area contributed by atoms with Crippen LogP contribution in [0.4, 0.5) is 10.3 Å². The van der Waals surface area contributed by atoms with Crippen LogP contribution in [0.1, 0.15) is 19.3 Å². The molecule has 0 radical (unpaired) electrons. The van der Waals surface area contributed by atoms with Gasteiger partial charge in [0.05, 0.1) is 11.0 Å². The molecule has 1 aromatic carbocycles. The van der Waals surface area contributed by atoms with Crippen molar-refractivity contribution in [3.05, 3.63) is 24.0 Å². The molecule has 1 atom stereocenters. The maximum atomic E-state index is 13.2. The lowest BCUT2D eigenvalue weighted by molar-refractivity contribution is -0.118. The van der Waals surface area contributed by atoms with Crippen molar-refractivity contribution in [2.75, 3.05) is 18.5 Å². The summed E-state index contributed by atoms with van der Waals surface area (Å²) in [6, 6.07) is 4.40. The van der Waals surface area contributed by atoms with Gasteiger partial charge in [-0.05, 0) is 30.9 Å². The molecule has 1 aromatic heterocycles. The maximum absolute atomic E-state index is 13.2. The first kappa shape index (κ1) is 14.0. The fourth-order valence-corrected chi connectivity index (χ4v) is 2.69. The molecule has 1 aliphatic rings. The van der Waals surface area contributed by atoms with Crippen LogP contribution in [0.5, 0.6) is 0 Å². The minimum atomic E-state index is -0.335. The van der Waals surface area contributed by atoms with Gasteiger partial charge in [0.1, 0.15) is 5.82 Å². The molecule has 5 nitrogen and oxygen atoms in total. The van der Waals surface area contributed by atoms with E-state index in [4.69, 9.17) is 4.74 Å². The number of nitrogens with one attached hydrogen (secondary N) is 1. The lowest BCUT2D eigenvalue weighted by Gasteiger charge is -2.21. The van der Waals surface area contributed by atoms with Gasteiger partial charge in [-0.25, -0.2) is 9.37 Å². The Balaban J connectivity index is 1.72. The Labute approximate surface area is 122 Å². The molecule has 1 aliphatic heterocycles. The number of anilines is 1. The number of amides is 1. The number of fused-ring (bicyclic) bond motifs is 1. The predicted octanol–water partition coefficient (Wildman–Crippen LogP) is 2.47. The van der Waals surface area contributed by atoms with Crippen molar-refractivity contribution in [3.63, 3.8) is 0 Å². The summed E-state index contributed by atoms with van der Waals surface area (Å²) in [6.07, 6.45) is 2.45. The van der Waals surface area contributed by atoms with Crippen LogP contribution in [0, 0.1) is 11.7 Å². The molecule has 1 fully saturated rings. The number of hydrogen-bond donors (Lipinski definition) is 1. The topological polar surface area (TPSA) is 56.2 Å². The summed E-state index contributed by atoms with van der Waals surface area (Å²) >= 11 is 0. The number of nitrogens with zero attached hydrogens (tertiary/aromatic N) is 2. The number of aryl methyl sites for hydroxylation is 1. The van der Waals surface area contributed by atoms with E-state index in [1.807, 2.05) is 0 Å². The Morgan fingerprint density at radius 3 is 3.19 bits per heavy atom. The van der Waals surface area contributed by atoms with E-state index in [9.17, 15) is 9.18 Å². The molecule has 1 N–H and O–H groups in total. The molecule has 1 saturated heterocycles. The van der Waals surface area contributed by atoms with Crippen molar-refractivity contribution in [3.8, 4) is 0 Å². The zero-order valence-electron chi connectivity index (χ0n) is 11.9. The molecule has 3 rings (SSSR count). The van der Waals surface area contributed by atoms with Crippen LogP contribution >= 0.6 is 0 Å². The number of rotatable bonds is 3. The summed E-state index contributed by atoms with van der Waals surface area (Å²) < 4.78 is 20.3. The predicted molar refractivity (Wildman–Crippen MR) is 77.5 cm³/mol. The summed E-state index contributed by atoms with van der Waals surface area (Å²) in [7, 11) is 1.80. The summed E-state index contributed by atoms with van der Waals surface area (Å²) in [5.41, 5.74) is 1.32. The fourth-order valence-electron chi connectivity index (χ4n) is 2.69. The van der Waals surface area contributed by atoms with Gasteiger partial charge in [0, 0.05) is 32.7 Å². The summed E-state index contributed by atoms with van der Waals surface area (Å²) in [4.78, 5) is 16.3. The highest BCUT2D eigenvalue weighted by molar-refractivity contribution is 5.91. The third-order valence-electron chi connectivity index (χ3n) is 3.82. The average molecular weight is 291 g/mol. The van der Waals surface area contributed by atoms with Crippen molar-refractivity contribution in [1.82, 2.24) is 9.55 Å². The van der Waals surface area contributed by atoms with E-state index in [-0.39, 0.29) is 17.6 Å². The molecule has 2 heterocycles. The van der Waals surface area contributed by atoms with Crippen molar-refractivity contribution < 1.29 is 13.9 Å². The number of imidazole rings is 1. The van der Waals surface area contributed by atoms with Gasteiger partial charge in [0.15, 0.2) is 0 Å². The molecule has 0 spiro atoms. The van der Waals surface area contributed by atoms with Crippen LogP contribution in [0.25, 0.3) is 11.0 Å². The number of hydrogen-bond acceptors (Lipinski definition) is 3. The van der Waals surface area contributed by atoms with Gasteiger partial charge in [-0.3, -0.25) is 10.1 Å². The molecule has 1 unspecified atom stereocenters. The van der Waals surface area contributed by atoms with Gasteiger partial charge in [-0.2, -0.15) is 0 Å². The molecule has 0 bridgehead atoms. The Morgan fingerprint density at radius 2 is 2.43 bits per heavy atom. The van der Waals surface area contributed by atoms with Gasteiger partial charge in [0.2, 0.25) is 11.9 Å². The molecular weight excluding hydrogens is 273 g/mol. The lowest BCUT2D eigenvalue weighted by atomic mass is 9.98. The fraction of sp³-hybridized carbons (Fsp3) is 0.467. The Hall–Kier alpha value is -1.95. The van der Waals surface area contributed by atoms with E-state index >= 15 is 0 Å². The molecule has 112 valence electrons. The quantitative estimate of drug-likeness (QED) is 0.945. The number of carbonyl (C=O) groups is 1. The van der Waals surface area contributed by atoms with Crippen molar-refractivity contribution in [2.45, 2.75) is 19.3 Å². The SMILES string of the molecule is Cn1c(NC(=O)CC2CCCOC2)nc2cc(F)ccc21. The van der Waals surface area contributed by atoms with Crippen LogP contribution in [0.15, 0.2) is 18.2 Å². The van der Waals surface area contributed by atoms with E-state index in [2.05, 4.69) is 10.3 Å². The van der Waals surface area contributed by atoms with Crippen molar-refractivity contribution in [1.29, 1.82) is 0 Å². The number of aromatic nitrogens is 2. The van der Waals surface area contributed by atoms with E-state index in [1.54, 1.807) is 17.7 Å². The van der Waals surface area contributed by atoms with Crippen LogP contribution in [0.3, 0.4) is 0 Å². The number of benzene rings is 1. The minimum absolute atomic E-state index is 0.0793. The van der Waals surface area contributed by atoms with Crippen LogP contribution in [-0.4, -0.2) is 28.7 Å². The van der Waals surface area contributed by atoms with Crippen molar-refractivity contribution >= 4 is 22.9 Å². The summed E-state index contributed by atoms with van der Waals surface area (Å²) in [6.45, 7) is 1.43. The molecule has 1 amide bonds. The highest BCUT2D eigenvalue weighted by Gasteiger charge is 2.19. The van der Waals surface area contributed by atoms with E-state index < -0.39 is 0 Å². The van der Waals surface area contributed by atoms with Gasteiger partial charge in [-0.15, -0.1) is 0 Å². The lowest BCUT2D eigenvalue weighted by Crippen LogP contribution is -2.24. The average Bonchev–Trinajstić information content (AvgIpc) is 2.75. The standard InChI is InChI=1S/C15H18FN3O2/c1-19-13-5-4-11(16)8-12(13)17-15(19)18-14(20)7-10-3-2-6-21-9-10/h4-5,8,10H,2-3,6-7,9H2,1H3,(H,17,18,20). The summed E-state index contributed by atoms with van der Waals surface area (Å²) in [5.74, 6) is 0.297. The van der Waals surface area contributed by atoms with E-state index in [0.717, 1.165) is 25.0 Å². The molecule has 0 saturated carbocycles. The van der Waals surface area contributed by atoms with E-state index in [0.29, 0.717) is 24.5 Å². The maximum Gasteiger partial charge on any atom is 0.227 e. The third-order valence-corrected chi connectivity index (χ3v) is 3.82. The van der Waals surface area contributed by atoms with Gasteiger partial charge in [-0.1, -0.05) is 0 Å². The normalized spacial score (nSPS) is 18.9. The molecular formula is C15H18FN3O2. The summed E-state index contributed by atoms with van der Waals surface area (Å²) in [5, 5.41) is 2.80. The molecule has 2 aromatic rings. The highest BCUT2D eigenvalue weighted by Crippen LogP contribution is 2.21. The van der Waals surface area contributed by atoms with Crippen LogP contribution < -0.4 is 5.32 Å². The zero-order valence-corrected chi connectivity index (χ0v) is 11.9. The highest BCUT2D eigenvalue weighted by atomic mass is 19.1. The largest absolute Gasteiger partial charge is 0.381 e. The number of carbonyl (C=O) groups excluding carboxylic acids is 1. The molecule has 21 heavy (non-hydrogen) atoms. The van der Waals surface area contributed by atoms with Crippen molar-refractivity contribution in [2.24, 2.45) is 13.0 Å². The molecule has 6 heteroatoms. The first-order valence-electron chi connectivity index (χ1n) is 7.13. The smallest absolute Gasteiger partial charge is 0.227 e. The van der Waals surface area contributed by atoms with Gasteiger partial charge >= 0.3 is 0 Å². The number of ether oxygens (including phenoxy) is 1. The van der Waals surface area contributed by atoms with Crippen LogP contribution in [-0.2, 0) is 16.6 Å².